The van der Waals surface area contributed by atoms with Crippen LogP contribution in [-0.4, -0.2) is 33.9 Å². The Morgan fingerprint density at radius 2 is 1.54 bits per heavy atom. The Bertz CT molecular complexity index is 703. The Kier molecular flexibility index (Phi) is 6.57. The molecular formula is C18H17NO4S. The molecule has 2 N–H and O–H groups in total. The lowest BCUT2D eigenvalue weighted by Crippen LogP contribution is -2.37. The lowest BCUT2D eigenvalue weighted by Gasteiger charge is -2.15. The average Bonchev–Trinajstić information content (AvgIpc) is 2.60. The van der Waals surface area contributed by atoms with Crippen LogP contribution in [0.1, 0.15) is 15.9 Å². The third-order valence-electron chi connectivity index (χ3n) is 3.23. The number of benzene rings is 2. The number of hydrogen-bond acceptors (Lipinski definition) is 4. The van der Waals surface area contributed by atoms with Gasteiger partial charge in [-0.1, -0.05) is 72.4 Å². The Labute approximate surface area is 144 Å². The fourth-order valence-corrected chi connectivity index (χ4v) is 3.06. The van der Waals surface area contributed by atoms with Crippen molar-refractivity contribution in [1.82, 2.24) is 5.32 Å². The third kappa shape index (κ3) is 5.55. The van der Waals surface area contributed by atoms with Crippen LogP contribution in [0.25, 0.3) is 0 Å². The maximum atomic E-state index is 12.4. The smallest absolute Gasteiger partial charge is 0.322 e. The maximum absolute atomic E-state index is 12.4. The van der Waals surface area contributed by atoms with E-state index in [1.165, 1.54) is 0 Å². The average molecular weight is 343 g/mol. The zero-order valence-electron chi connectivity index (χ0n) is 12.8. The SMILES string of the molecule is O=C(O)CNC(=O)C(Cc1ccccc1)SC(=O)c1ccccc1. The van der Waals surface area contributed by atoms with Crippen LogP contribution < -0.4 is 5.32 Å². The van der Waals surface area contributed by atoms with Crippen molar-refractivity contribution in [3.05, 3.63) is 71.8 Å². The highest BCUT2D eigenvalue weighted by Crippen LogP contribution is 2.22. The van der Waals surface area contributed by atoms with Crippen LogP contribution in [0.4, 0.5) is 0 Å². The number of thioether (sulfide) groups is 1. The predicted molar refractivity (Wildman–Crippen MR) is 92.9 cm³/mol. The predicted octanol–water partition coefficient (Wildman–Crippen LogP) is 2.37. The van der Waals surface area contributed by atoms with Crippen molar-refractivity contribution >= 4 is 28.8 Å². The molecule has 0 aromatic heterocycles. The summed E-state index contributed by atoms with van der Waals surface area (Å²) in [5.74, 6) is -1.59. The van der Waals surface area contributed by atoms with Crippen LogP contribution in [0.5, 0.6) is 0 Å². The van der Waals surface area contributed by atoms with E-state index < -0.39 is 23.7 Å². The van der Waals surface area contributed by atoms with E-state index in [0.29, 0.717) is 12.0 Å². The molecule has 5 nitrogen and oxygen atoms in total. The largest absolute Gasteiger partial charge is 0.480 e. The summed E-state index contributed by atoms with van der Waals surface area (Å²) in [6.07, 6.45) is 0.343. The first-order chi connectivity index (χ1) is 11.6. The molecule has 6 heteroatoms. The topological polar surface area (TPSA) is 83.5 Å². The molecule has 1 atom stereocenters. The molecule has 2 rings (SSSR count). The van der Waals surface area contributed by atoms with E-state index in [1.54, 1.807) is 24.3 Å². The number of aliphatic carboxylic acids is 1. The summed E-state index contributed by atoms with van der Waals surface area (Å²) in [4.78, 5) is 35.3. The summed E-state index contributed by atoms with van der Waals surface area (Å²) < 4.78 is 0. The van der Waals surface area contributed by atoms with Crippen molar-refractivity contribution in [3.63, 3.8) is 0 Å². The highest BCUT2D eigenvalue weighted by Gasteiger charge is 2.24. The van der Waals surface area contributed by atoms with Gasteiger partial charge in [0, 0.05) is 5.56 Å². The fourth-order valence-electron chi connectivity index (χ4n) is 2.06. The molecule has 0 spiro atoms. The number of rotatable bonds is 7. The molecule has 0 fully saturated rings. The molecule has 1 amide bonds. The van der Waals surface area contributed by atoms with Gasteiger partial charge in [-0.3, -0.25) is 14.4 Å². The molecule has 24 heavy (non-hydrogen) atoms. The monoisotopic (exact) mass is 343 g/mol. The maximum Gasteiger partial charge on any atom is 0.322 e. The van der Waals surface area contributed by atoms with E-state index in [4.69, 9.17) is 5.11 Å². The molecular weight excluding hydrogens is 326 g/mol. The van der Waals surface area contributed by atoms with E-state index >= 15 is 0 Å². The van der Waals surface area contributed by atoms with Gasteiger partial charge in [0.1, 0.15) is 6.54 Å². The van der Waals surface area contributed by atoms with Gasteiger partial charge in [-0.25, -0.2) is 0 Å². The minimum Gasteiger partial charge on any atom is -0.480 e. The van der Waals surface area contributed by atoms with Gasteiger partial charge in [-0.2, -0.15) is 0 Å². The third-order valence-corrected chi connectivity index (χ3v) is 4.34. The Balaban J connectivity index is 2.11. The van der Waals surface area contributed by atoms with Gasteiger partial charge in [0.25, 0.3) is 0 Å². The molecule has 0 heterocycles. The van der Waals surface area contributed by atoms with Crippen LogP contribution >= 0.6 is 11.8 Å². The molecule has 0 aliphatic heterocycles. The number of carbonyl (C=O) groups is 3. The normalized spacial score (nSPS) is 11.5. The van der Waals surface area contributed by atoms with Crippen molar-refractivity contribution in [2.75, 3.05) is 6.54 Å². The van der Waals surface area contributed by atoms with Crippen molar-refractivity contribution in [2.24, 2.45) is 0 Å². The van der Waals surface area contributed by atoms with Gasteiger partial charge >= 0.3 is 5.97 Å². The first-order valence-electron chi connectivity index (χ1n) is 7.35. The van der Waals surface area contributed by atoms with Gasteiger partial charge in [0.15, 0.2) is 0 Å². The molecule has 0 radical (unpaired) electrons. The molecule has 2 aromatic rings. The first kappa shape index (κ1) is 17.7. The van der Waals surface area contributed by atoms with Crippen LogP contribution in [0, 0.1) is 0 Å². The summed E-state index contributed by atoms with van der Waals surface area (Å²) in [6, 6.07) is 18.0. The molecule has 124 valence electrons. The first-order valence-corrected chi connectivity index (χ1v) is 8.23. The Hall–Kier alpha value is -2.60. The number of carbonyl (C=O) groups excluding carboxylic acids is 2. The van der Waals surface area contributed by atoms with Gasteiger partial charge in [-0.05, 0) is 12.0 Å². The molecule has 0 saturated carbocycles. The molecule has 1 unspecified atom stereocenters. The number of carboxylic acids is 1. The quantitative estimate of drug-likeness (QED) is 0.806. The molecule has 0 aliphatic carbocycles. The Morgan fingerprint density at radius 1 is 0.958 bits per heavy atom. The number of amides is 1. The summed E-state index contributed by atoms with van der Waals surface area (Å²) in [5, 5.41) is 10.1. The van der Waals surface area contributed by atoms with Gasteiger partial charge < -0.3 is 10.4 Å². The van der Waals surface area contributed by atoms with E-state index in [1.807, 2.05) is 36.4 Å². The van der Waals surface area contributed by atoms with Gasteiger partial charge in [-0.15, -0.1) is 0 Å². The minimum absolute atomic E-state index is 0.220. The van der Waals surface area contributed by atoms with E-state index in [9.17, 15) is 14.4 Å². The number of nitrogens with one attached hydrogen (secondary N) is 1. The number of carboxylic acid groups (broad SMARTS) is 1. The highest BCUT2D eigenvalue weighted by atomic mass is 32.2. The van der Waals surface area contributed by atoms with Gasteiger partial charge in [0.2, 0.25) is 11.0 Å². The van der Waals surface area contributed by atoms with Crippen LogP contribution in [-0.2, 0) is 16.0 Å². The summed E-state index contributed by atoms with van der Waals surface area (Å²) >= 11 is 0.909. The summed E-state index contributed by atoms with van der Waals surface area (Å²) in [7, 11) is 0. The zero-order chi connectivity index (χ0) is 17.4. The second-order valence-corrected chi connectivity index (χ2v) is 6.24. The van der Waals surface area contributed by atoms with Crippen molar-refractivity contribution < 1.29 is 19.5 Å². The molecule has 0 saturated heterocycles. The molecule has 0 aliphatic rings. The van der Waals surface area contributed by atoms with Crippen molar-refractivity contribution in [2.45, 2.75) is 11.7 Å². The zero-order valence-corrected chi connectivity index (χ0v) is 13.7. The van der Waals surface area contributed by atoms with E-state index in [2.05, 4.69) is 5.32 Å². The lowest BCUT2D eigenvalue weighted by atomic mass is 10.1. The van der Waals surface area contributed by atoms with E-state index in [-0.39, 0.29) is 5.12 Å². The number of hydrogen-bond donors (Lipinski definition) is 2. The van der Waals surface area contributed by atoms with Crippen LogP contribution in [0.3, 0.4) is 0 Å². The summed E-state index contributed by atoms with van der Waals surface area (Å²) in [6.45, 7) is -0.468. The fraction of sp³-hybridized carbons (Fsp3) is 0.167. The Morgan fingerprint density at radius 3 is 2.12 bits per heavy atom. The van der Waals surface area contributed by atoms with E-state index in [0.717, 1.165) is 17.3 Å². The second kappa shape index (κ2) is 8.88. The summed E-state index contributed by atoms with van der Waals surface area (Å²) in [5.41, 5.74) is 1.41. The lowest BCUT2D eigenvalue weighted by molar-refractivity contribution is -0.137. The standard InChI is InChI=1S/C18H17NO4S/c20-16(21)12-19-17(22)15(11-13-7-3-1-4-8-13)24-18(23)14-9-5-2-6-10-14/h1-10,15H,11-12H2,(H,19,22)(H,20,21). The molecule has 2 aromatic carbocycles. The van der Waals surface area contributed by atoms with Crippen LogP contribution in [0.15, 0.2) is 60.7 Å². The highest BCUT2D eigenvalue weighted by molar-refractivity contribution is 8.15. The van der Waals surface area contributed by atoms with Crippen molar-refractivity contribution in [1.29, 1.82) is 0 Å². The minimum atomic E-state index is -1.12. The molecule has 0 bridgehead atoms. The second-order valence-electron chi connectivity index (χ2n) is 5.06. The van der Waals surface area contributed by atoms with Gasteiger partial charge in [0.05, 0.1) is 5.25 Å². The van der Waals surface area contributed by atoms with Crippen LogP contribution in [0.2, 0.25) is 0 Å². The van der Waals surface area contributed by atoms with Crippen molar-refractivity contribution in [3.8, 4) is 0 Å².